The van der Waals surface area contributed by atoms with Crippen molar-refractivity contribution in [3.63, 3.8) is 0 Å². The van der Waals surface area contributed by atoms with Crippen LogP contribution in [0.5, 0.6) is 0 Å². The summed E-state index contributed by atoms with van der Waals surface area (Å²) in [7, 11) is -0.991. The van der Waals surface area contributed by atoms with E-state index in [2.05, 4.69) is 91.1 Å². The molecule has 0 aliphatic carbocycles. The highest BCUT2D eigenvalue weighted by Gasteiger charge is 2.02. The molecular formula is C19H18Si. The smallest absolute Gasteiger partial charge is 0.0910 e. The van der Waals surface area contributed by atoms with E-state index in [4.69, 9.17) is 0 Å². The molecular weight excluding hydrogens is 256 g/mol. The van der Waals surface area contributed by atoms with Gasteiger partial charge in [-0.15, -0.1) is 0 Å². The third-order valence-corrected chi connectivity index (χ3v) is 5.92. The van der Waals surface area contributed by atoms with Crippen LogP contribution in [0.25, 0.3) is 16.8 Å². The van der Waals surface area contributed by atoms with Crippen LogP contribution in [-0.4, -0.2) is 8.80 Å². The van der Waals surface area contributed by atoms with Crippen LogP contribution in [0.2, 0.25) is 6.55 Å². The molecule has 0 N–H and O–H groups in total. The molecule has 0 radical (unpaired) electrons. The maximum Gasteiger partial charge on any atom is 0.0910 e. The molecule has 0 bridgehead atoms. The second-order valence-corrected chi connectivity index (χ2v) is 7.76. The van der Waals surface area contributed by atoms with Crippen molar-refractivity contribution in [1.82, 2.24) is 0 Å². The zero-order valence-electron chi connectivity index (χ0n) is 11.7. The van der Waals surface area contributed by atoms with E-state index >= 15 is 0 Å². The van der Waals surface area contributed by atoms with Crippen molar-refractivity contribution in [3.05, 3.63) is 84.1 Å². The summed E-state index contributed by atoms with van der Waals surface area (Å²) in [5.41, 5.74) is 3.73. The summed E-state index contributed by atoms with van der Waals surface area (Å²) < 4.78 is 0. The topological polar surface area (TPSA) is 0 Å². The normalized spacial score (nSPS) is 12.8. The van der Waals surface area contributed by atoms with Crippen LogP contribution >= 0.6 is 0 Å². The third kappa shape index (κ3) is 2.73. The first-order valence-electron chi connectivity index (χ1n) is 7.05. The first-order valence-corrected chi connectivity index (χ1v) is 9.45. The molecule has 98 valence electrons. The van der Waals surface area contributed by atoms with E-state index in [0.717, 1.165) is 0 Å². The predicted octanol–water partition coefficient (Wildman–Crippen LogP) is 4.16. The maximum absolute atomic E-state index is 2.41. The van der Waals surface area contributed by atoms with E-state index in [-0.39, 0.29) is 0 Å². The Bertz CT molecular complexity index is 724. The van der Waals surface area contributed by atoms with Crippen molar-refractivity contribution in [3.8, 4) is 0 Å². The minimum Gasteiger partial charge on any atom is -0.0925 e. The lowest BCUT2D eigenvalue weighted by Crippen LogP contribution is -2.23. The van der Waals surface area contributed by atoms with E-state index in [1.165, 1.54) is 21.5 Å². The van der Waals surface area contributed by atoms with Crippen molar-refractivity contribution in [2.45, 2.75) is 6.55 Å². The Hall–Kier alpha value is -2.12. The van der Waals surface area contributed by atoms with Crippen molar-refractivity contribution in [2.75, 3.05) is 0 Å². The second-order valence-electron chi connectivity index (χ2n) is 5.13. The molecule has 3 aromatic rings. The summed E-state index contributed by atoms with van der Waals surface area (Å²) in [4.78, 5) is 0. The summed E-state index contributed by atoms with van der Waals surface area (Å²) in [6.45, 7) is 2.37. The summed E-state index contributed by atoms with van der Waals surface area (Å²) in [6, 6.07) is 25.9. The molecule has 0 aliphatic rings. The van der Waals surface area contributed by atoms with Gasteiger partial charge in [-0.05, 0) is 16.3 Å². The van der Waals surface area contributed by atoms with Crippen molar-refractivity contribution in [1.29, 1.82) is 0 Å². The average molecular weight is 274 g/mol. The minimum absolute atomic E-state index is 0.991. The zero-order chi connectivity index (χ0) is 13.8. The maximum atomic E-state index is 2.41. The Morgan fingerprint density at radius 3 is 2.30 bits per heavy atom. The van der Waals surface area contributed by atoms with Crippen molar-refractivity contribution >= 4 is 30.8 Å². The SMILES string of the molecule is C[SiH](C=Cc1cccc2ccccc12)c1ccccc1. The fraction of sp³-hybridized carbons (Fsp3) is 0.0526. The molecule has 0 aromatic heterocycles. The minimum atomic E-state index is -0.991. The van der Waals surface area contributed by atoms with Gasteiger partial charge in [0.05, 0.1) is 8.80 Å². The van der Waals surface area contributed by atoms with Gasteiger partial charge in [-0.3, -0.25) is 0 Å². The lowest BCUT2D eigenvalue weighted by atomic mass is 10.1. The monoisotopic (exact) mass is 274 g/mol. The lowest BCUT2D eigenvalue weighted by molar-refractivity contribution is 1.71. The second kappa shape index (κ2) is 5.89. The van der Waals surface area contributed by atoms with E-state index in [1.807, 2.05) is 0 Å². The van der Waals surface area contributed by atoms with Gasteiger partial charge in [-0.2, -0.15) is 0 Å². The molecule has 20 heavy (non-hydrogen) atoms. The third-order valence-electron chi connectivity index (χ3n) is 3.71. The quantitative estimate of drug-likeness (QED) is 0.629. The van der Waals surface area contributed by atoms with Gasteiger partial charge >= 0.3 is 0 Å². The number of hydrogen-bond donors (Lipinski definition) is 0. The Kier molecular flexibility index (Phi) is 3.80. The Morgan fingerprint density at radius 2 is 1.45 bits per heavy atom. The standard InChI is InChI=1S/C19H18Si/c1-20(18-11-3-2-4-12-18)15-14-17-10-7-9-16-8-5-6-13-19(16)17/h2-15,20H,1H3. The molecule has 0 fully saturated rings. The number of fused-ring (bicyclic) bond motifs is 1. The molecule has 0 aliphatic heterocycles. The fourth-order valence-electron chi connectivity index (χ4n) is 2.51. The molecule has 3 rings (SSSR count). The van der Waals surface area contributed by atoms with Gasteiger partial charge in [0, 0.05) is 0 Å². The van der Waals surface area contributed by atoms with Crippen LogP contribution in [0.15, 0.2) is 78.5 Å². The molecule has 3 aromatic carbocycles. The first kappa shape index (κ1) is 12.9. The van der Waals surface area contributed by atoms with Gasteiger partial charge in [0.15, 0.2) is 0 Å². The molecule has 0 spiro atoms. The molecule has 0 saturated carbocycles. The lowest BCUT2D eigenvalue weighted by Gasteiger charge is -2.05. The van der Waals surface area contributed by atoms with E-state index in [9.17, 15) is 0 Å². The molecule has 1 heteroatoms. The number of hydrogen-bond acceptors (Lipinski definition) is 0. The molecule has 1 atom stereocenters. The van der Waals surface area contributed by atoms with Gasteiger partial charge in [0.2, 0.25) is 0 Å². The largest absolute Gasteiger partial charge is 0.0925 e. The summed E-state index contributed by atoms with van der Waals surface area (Å²) in [5, 5.41) is 4.13. The summed E-state index contributed by atoms with van der Waals surface area (Å²) >= 11 is 0. The van der Waals surface area contributed by atoms with Crippen LogP contribution in [0.4, 0.5) is 0 Å². The number of benzene rings is 3. The van der Waals surface area contributed by atoms with E-state index in [1.54, 1.807) is 0 Å². The molecule has 1 unspecified atom stereocenters. The Balaban J connectivity index is 1.91. The predicted molar refractivity (Wildman–Crippen MR) is 92.1 cm³/mol. The van der Waals surface area contributed by atoms with E-state index in [0.29, 0.717) is 0 Å². The molecule has 0 heterocycles. The molecule has 0 saturated heterocycles. The Labute approximate surface area is 122 Å². The van der Waals surface area contributed by atoms with Gasteiger partial charge in [-0.25, -0.2) is 0 Å². The summed E-state index contributed by atoms with van der Waals surface area (Å²) in [5.74, 6) is 0. The van der Waals surface area contributed by atoms with Crippen LogP contribution in [0.3, 0.4) is 0 Å². The van der Waals surface area contributed by atoms with Crippen LogP contribution < -0.4 is 5.19 Å². The van der Waals surface area contributed by atoms with Gasteiger partial charge in [-0.1, -0.05) is 96.3 Å². The zero-order valence-corrected chi connectivity index (χ0v) is 12.8. The highest BCUT2D eigenvalue weighted by atomic mass is 28.3. The molecule has 0 amide bonds. The van der Waals surface area contributed by atoms with Crippen molar-refractivity contribution < 1.29 is 0 Å². The highest BCUT2D eigenvalue weighted by Crippen LogP contribution is 2.19. The average Bonchev–Trinajstić information content (AvgIpc) is 2.53. The highest BCUT2D eigenvalue weighted by molar-refractivity contribution is 6.77. The van der Waals surface area contributed by atoms with E-state index < -0.39 is 8.80 Å². The Morgan fingerprint density at radius 1 is 0.750 bits per heavy atom. The van der Waals surface area contributed by atoms with Crippen LogP contribution in [0, 0.1) is 0 Å². The van der Waals surface area contributed by atoms with Crippen molar-refractivity contribution in [2.24, 2.45) is 0 Å². The first-order chi connectivity index (χ1) is 9.84. The summed E-state index contributed by atoms with van der Waals surface area (Å²) in [6.07, 6.45) is 2.30. The van der Waals surface area contributed by atoms with Gasteiger partial charge in [0.1, 0.15) is 0 Å². The number of rotatable bonds is 3. The fourth-order valence-corrected chi connectivity index (χ4v) is 4.06. The molecule has 0 nitrogen and oxygen atoms in total. The van der Waals surface area contributed by atoms with Crippen LogP contribution in [0.1, 0.15) is 5.56 Å². The van der Waals surface area contributed by atoms with Gasteiger partial charge < -0.3 is 0 Å². The van der Waals surface area contributed by atoms with Crippen LogP contribution in [-0.2, 0) is 0 Å². The van der Waals surface area contributed by atoms with Gasteiger partial charge in [0.25, 0.3) is 0 Å².